The van der Waals surface area contributed by atoms with Crippen molar-refractivity contribution in [1.29, 1.82) is 0 Å². The van der Waals surface area contributed by atoms with Crippen molar-refractivity contribution in [2.24, 2.45) is 5.92 Å². The maximum absolute atomic E-state index is 11.2. The van der Waals surface area contributed by atoms with Crippen LogP contribution in [0.15, 0.2) is 29.2 Å². The Morgan fingerprint density at radius 2 is 1.94 bits per heavy atom. The Balaban J connectivity index is 2.02. The van der Waals surface area contributed by atoms with E-state index < -0.39 is 10.8 Å². The molecule has 2 nitrogen and oxygen atoms in total. The summed E-state index contributed by atoms with van der Waals surface area (Å²) in [5.41, 5.74) is 1.15. The molecule has 1 aliphatic carbocycles. The van der Waals surface area contributed by atoms with Crippen molar-refractivity contribution in [3.05, 3.63) is 24.3 Å². The van der Waals surface area contributed by atoms with Crippen LogP contribution in [0.25, 0.3) is 0 Å². The zero-order chi connectivity index (χ0) is 11.5. The molecule has 0 radical (unpaired) electrons. The zero-order valence-corrected chi connectivity index (χ0v) is 10.7. The van der Waals surface area contributed by atoms with Gasteiger partial charge in [-0.2, -0.15) is 0 Å². The summed E-state index contributed by atoms with van der Waals surface area (Å²) in [4.78, 5) is 0.894. The van der Waals surface area contributed by atoms with Gasteiger partial charge in [0, 0.05) is 33.7 Å². The highest BCUT2D eigenvalue weighted by Gasteiger charge is 2.22. The molecule has 3 atom stereocenters. The summed E-state index contributed by atoms with van der Waals surface area (Å²) in [5.74, 6) is 0.764. The number of nitrogens with one attached hydrogen (secondary N) is 1. The van der Waals surface area contributed by atoms with E-state index in [0.717, 1.165) is 16.5 Å². The molecule has 3 heteroatoms. The molecule has 0 bridgehead atoms. The quantitative estimate of drug-likeness (QED) is 0.875. The van der Waals surface area contributed by atoms with Crippen molar-refractivity contribution in [1.82, 2.24) is 0 Å². The molecule has 0 aromatic heterocycles. The highest BCUT2D eigenvalue weighted by molar-refractivity contribution is 7.84. The topological polar surface area (TPSA) is 29.1 Å². The van der Waals surface area contributed by atoms with Gasteiger partial charge in [-0.25, -0.2) is 0 Å². The standard InChI is InChI=1S/C13H19NOS/c1-10-4-3-5-13(10)14-11-6-8-12(9-7-11)16(2)15/h6-10,13-14H,3-5H2,1-2H3. The maximum atomic E-state index is 11.2. The lowest BCUT2D eigenvalue weighted by atomic mass is 10.1. The second-order valence-corrected chi connectivity index (χ2v) is 6.02. The molecule has 1 saturated carbocycles. The zero-order valence-electron chi connectivity index (χ0n) is 9.90. The van der Waals surface area contributed by atoms with E-state index in [2.05, 4.69) is 12.2 Å². The van der Waals surface area contributed by atoms with Crippen molar-refractivity contribution in [2.75, 3.05) is 11.6 Å². The van der Waals surface area contributed by atoms with Crippen LogP contribution in [0.2, 0.25) is 0 Å². The first-order valence-corrected chi connectivity index (χ1v) is 7.42. The first-order valence-electron chi connectivity index (χ1n) is 5.87. The molecule has 0 aliphatic heterocycles. The fourth-order valence-electron chi connectivity index (χ4n) is 2.32. The van der Waals surface area contributed by atoms with Gasteiger partial charge in [-0.1, -0.05) is 13.3 Å². The van der Waals surface area contributed by atoms with Crippen molar-refractivity contribution in [3.8, 4) is 0 Å². The summed E-state index contributed by atoms with van der Waals surface area (Å²) in [7, 11) is -0.876. The number of hydrogen-bond donors (Lipinski definition) is 1. The van der Waals surface area contributed by atoms with Gasteiger partial charge >= 0.3 is 0 Å². The van der Waals surface area contributed by atoms with Crippen LogP contribution < -0.4 is 5.32 Å². The van der Waals surface area contributed by atoms with Crippen LogP contribution in [0.4, 0.5) is 5.69 Å². The van der Waals surface area contributed by atoms with Crippen LogP contribution in [0.5, 0.6) is 0 Å². The van der Waals surface area contributed by atoms with Gasteiger partial charge in [0.05, 0.1) is 0 Å². The van der Waals surface area contributed by atoms with Crippen LogP contribution >= 0.6 is 0 Å². The molecule has 0 spiro atoms. The second-order valence-electron chi connectivity index (χ2n) is 4.64. The Hall–Kier alpha value is -0.830. The van der Waals surface area contributed by atoms with Crippen molar-refractivity contribution in [2.45, 2.75) is 37.1 Å². The molecule has 2 rings (SSSR count). The van der Waals surface area contributed by atoms with E-state index >= 15 is 0 Å². The van der Waals surface area contributed by atoms with Gasteiger partial charge in [-0.15, -0.1) is 0 Å². The molecule has 1 fully saturated rings. The minimum absolute atomic E-state index is 0.609. The molecule has 1 aromatic carbocycles. The van der Waals surface area contributed by atoms with Gasteiger partial charge < -0.3 is 5.32 Å². The number of hydrogen-bond acceptors (Lipinski definition) is 2. The predicted octanol–water partition coefficient (Wildman–Crippen LogP) is 3.02. The smallest absolute Gasteiger partial charge is 0.0498 e. The van der Waals surface area contributed by atoms with Crippen molar-refractivity contribution in [3.63, 3.8) is 0 Å². The molecule has 1 aliphatic rings. The van der Waals surface area contributed by atoms with Crippen LogP contribution in [-0.4, -0.2) is 16.5 Å². The Morgan fingerprint density at radius 1 is 1.25 bits per heavy atom. The van der Waals surface area contributed by atoms with Gasteiger partial charge in [0.25, 0.3) is 0 Å². The Morgan fingerprint density at radius 3 is 2.44 bits per heavy atom. The lowest BCUT2D eigenvalue weighted by Crippen LogP contribution is -2.21. The lowest BCUT2D eigenvalue weighted by Gasteiger charge is -2.18. The monoisotopic (exact) mass is 237 g/mol. The van der Waals surface area contributed by atoms with Gasteiger partial charge in [0.1, 0.15) is 0 Å². The molecule has 16 heavy (non-hydrogen) atoms. The minimum atomic E-state index is -0.876. The van der Waals surface area contributed by atoms with Crippen LogP contribution in [0, 0.1) is 5.92 Å². The Labute approximate surface area is 99.9 Å². The highest BCUT2D eigenvalue weighted by Crippen LogP contribution is 2.28. The minimum Gasteiger partial charge on any atom is -0.382 e. The highest BCUT2D eigenvalue weighted by atomic mass is 32.2. The number of anilines is 1. The summed E-state index contributed by atoms with van der Waals surface area (Å²) in [5, 5.41) is 3.56. The van der Waals surface area contributed by atoms with Crippen LogP contribution in [0.3, 0.4) is 0 Å². The molecule has 3 unspecified atom stereocenters. The molecule has 1 aromatic rings. The predicted molar refractivity (Wildman–Crippen MR) is 69.2 cm³/mol. The molecule has 1 N–H and O–H groups in total. The fraction of sp³-hybridized carbons (Fsp3) is 0.538. The average molecular weight is 237 g/mol. The third-order valence-electron chi connectivity index (χ3n) is 3.40. The second kappa shape index (κ2) is 5.00. The van der Waals surface area contributed by atoms with Crippen LogP contribution in [-0.2, 0) is 10.8 Å². The van der Waals surface area contributed by atoms with Gasteiger partial charge in [0.2, 0.25) is 0 Å². The first-order chi connectivity index (χ1) is 7.66. The SMILES string of the molecule is CC1CCCC1Nc1ccc(S(C)=O)cc1. The van der Waals surface area contributed by atoms with Gasteiger partial charge in [0.15, 0.2) is 0 Å². The maximum Gasteiger partial charge on any atom is 0.0498 e. The molecule has 0 amide bonds. The fourth-order valence-corrected chi connectivity index (χ4v) is 2.84. The molecular weight excluding hydrogens is 218 g/mol. The number of rotatable bonds is 3. The molecule has 88 valence electrons. The molecule has 0 saturated heterocycles. The van der Waals surface area contributed by atoms with E-state index in [0.29, 0.717) is 6.04 Å². The summed E-state index contributed by atoms with van der Waals surface area (Å²) in [6.07, 6.45) is 5.63. The summed E-state index contributed by atoms with van der Waals surface area (Å²) in [6.45, 7) is 2.31. The van der Waals surface area contributed by atoms with Crippen molar-refractivity contribution >= 4 is 16.5 Å². The third kappa shape index (κ3) is 2.64. The molecule has 0 heterocycles. The lowest BCUT2D eigenvalue weighted by molar-refractivity contribution is 0.556. The van der Waals surface area contributed by atoms with E-state index in [4.69, 9.17) is 0 Å². The average Bonchev–Trinajstić information content (AvgIpc) is 2.65. The summed E-state index contributed by atoms with van der Waals surface area (Å²) < 4.78 is 11.2. The Bertz CT molecular complexity index is 374. The number of benzene rings is 1. The Kier molecular flexibility index (Phi) is 3.64. The van der Waals surface area contributed by atoms with Gasteiger partial charge in [-0.05, 0) is 43.0 Å². The molecular formula is C13H19NOS. The van der Waals surface area contributed by atoms with E-state index in [-0.39, 0.29) is 0 Å². The van der Waals surface area contributed by atoms with E-state index in [1.165, 1.54) is 19.3 Å². The van der Waals surface area contributed by atoms with Crippen LogP contribution in [0.1, 0.15) is 26.2 Å². The summed E-state index contributed by atoms with van der Waals surface area (Å²) >= 11 is 0. The van der Waals surface area contributed by atoms with E-state index in [1.54, 1.807) is 6.26 Å². The van der Waals surface area contributed by atoms with E-state index in [9.17, 15) is 4.21 Å². The normalized spacial score (nSPS) is 26.6. The largest absolute Gasteiger partial charge is 0.382 e. The van der Waals surface area contributed by atoms with Crippen molar-refractivity contribution < 1.29 is 4.21 Å². The first kappa shape index (κ1) is 11.6. The third-order valence-corrected chi connectivity index (χ3v) is 4.34. The summed E-state index contributed by atoms with van der Waals surface area (Å²) in [6, 6.07) is 8.55. The van der Waals surface area contributed by atoms with E-state index in [1.807, 2.05) is 24.3 Å². The van der Waals surface area contributed by atoms with Gasteiger partial charge in [-0.3, -0.25) is 4.21 Å².